The van der Waals surface area contributed by atoms with Gasteiger partial charge in [0.15, 0.2) is 0 Å². The van der Waals surface area contributed by atoms with Crippen molar-refractivity contribution in [2.75, 3.05) is 0 Å². The van der Waals surface area contributed by atoms with E-state index in [-0.39, 0.29) is 0 Å². The summed E-state index contributed by atoms with van der Waals surface area (Å²) in [6.07, 6.45) is 3.03. The molecule has 0 aliphatic rings. The molecule has 0 fully saturated rings. The Balaban J connectivity index is 2.63. The lowest BCUT2D eigenvalue weighted by atomic mass is 10.1. The lowest BCUT2D eigenvalue weighted by molar-refractivity contribution is 0.565. The Kier molecular flexibility index (Phi) is 2.86. The largest absolute Gasteiger partial charge is 0.266 e. The Labute approximate surface area is 97.2 Å². The lowest BCUT2D eigenvalue weighted by Crippen LogP contribution is -1.93. The highest BCUT2D eigenvalue weighted by atomic mass is 35.5. The van der Waals surface area contributed by atoms with Crippen molar-refractivity contribution in [3.8, 4) is 11.3 Å². The summed E-state index contributed by atoms with van der Waals surface area (Å²) in [6.45, 7) is 0. The number of aliphatic imine (C=N–C) groups is 1. The first-order chi connectivity index (χ1) is 7.72. The van der Waals surface area contributed by atoms with E-state index in [1.165, 1.54) is 12.3 Å². The molecule has 0 bridgehead atoms. The second-order valence-electron chi connectivity index (χ2n) is 3.22. The molecule has 2 rings (SSSR count). The van der Waals surface area contributed by atoms with Gasteiger partial charge in [-0.25, -0.2) is 4.79 Å². The SMILES string of the molecule is Cn1ncc(N=C=O)c1-c1cccc(Cl)c1. The maximum absolute atomic E-state index is 10.3. The molecule has 0 saturated carbocycles. The predicted molar refractivity (Wildman–Crippen MR) is 61.4 cm³/mol. The topological polar surface area (TPSA) is 47.2 Å². The van der Waals surface area contributed by atoms with E-state index >= 15 is 0 Å². The number of carbonyl (C=O) groups excluding carboxylic acids is 1. The van der Waals surface area contributed by atoms with E-state index < -0.39 is 0 Å². The van der Waals surface area contributed by atoms with Crippen LogP contribution in [0.4, 0.5) is 5.69 Å². The fraction of sp³-hybridized carbons (Fsp3) is 0.0909. The molecule has 1 heterocycles. The normalized spacial score (nSPS) is 9.88. The van der Waals surface area contributed by atoms with Crippen LogP contribution >= 0.6 is 11.6 Å². The smallest absolute Gasteiger partial charge is 0.240 e. The number of benzene rings is 1. The van der Waals surface area contributed by atoms with Crippen LogP contribution in [0.2, 0.25) is 5.02 Å². The molecule has 4 nitrogen and oxygen atoms in total. The van der Waals surface area contributed by atoms with Crippen molar-refractivity contribution < 1.29 is 4.79 Å². The van der Waals surface area contributed by atoms with Gasteiger partial charge in [-0.15, -0.1) is 0 Å². The van der Waals surface area contributed by atoms with Gasteiger partial charge in [0.2, 0.25) is 6.08 Å². The molecule has 80 valence electrons. The summed E-state index contributed by atoms with van der Waals surface area (Å²) in [4.78, 5) is 13.9. The molecule has 0 aliphatic carbocycles. The number of hydrogen-bond acceptors (Lipinski definition) is 3. The van der Waals surface area contributed by atoms with Crippen LogP contribution in [-0.4, -0.2) is 15.9 Å². The molecule has 0 amide bonds. The average Bonchev–Trinajstić information content (AvgIpc) is 2.60. The zero-order chi connectivity index (χ0) is 11.5. The third-order valence-corrected chi connectivity index (χ3v) is 2.42. The van der Waals surface area contributed by atoms with Crippen molar-refractivity contribution in [2.45, 2.75) is 0 Å². The maximum atomic E-state index is 10.3. The highest BCUT2D eigenvalue weighted by molar-refractivity contribution is 6.30. The molecule has 0 N–H and O–H groups in total. The number of nitrogens with zero attached hydrogens (tertiary/aromatic N) is 3. The van der Waals surface area contributed by atoms with Gasteiger partial charge in [0.25, 0.3) is 0 Å². The van der Waals surface area contributed by atoms with Crippen LogP contribution in [0, 0.1) is 0 Å². The standard InChI is InChI=1S/C11H8ClN3O/c1-15-11(10(6-14-15)13-7-16)8-3-2-4-9(12)5-8/h2-6H,1H3. The van der Waals surface area contributed by atoms with Gasteiger partial charge in [0.1, 0.15) is 5.69 Å². The molecule has 5 heteroatoms. The molecule has 0 spiro atoms. The first kappa shape index (κ1) is 10.6. The summed E-state index contributed by atoms with van der Waals surface area (Å²) in [6, 6.07) is 7.29. The Morgan fingerprint density at radius 3 is 3.00 bits per heavy atom. The summed E-state index contributed by atoms with van der Waals surface area (Å²) < 4.78 is 1.64. The van der Waals surface area contributed by atoms with Crippen LogP contribution < -0.4 is 0 Å². The molecule has 0 unspecified atom stereocenters. The Morgan fingerprint density at radius 1 is 1.50 bits per heavy atom. The minimum Gasteiger partial charge on any atom is -0.266 e. The fourth-order valence-electron chi connectivity index (χ4n) is 1.53. The van der Waals surface area contributed by atoms with E-state index in [0.717, 1.165) is 11.3 Å². The quantitative estimate of drug-likeness (QED) is 0.592. The highest BCUT2D eigenvalue weighted by Crippen LogP contribution is 2.30. The minimum absolute atomic E-state index is 0.486. The Morgan fingerprint density at radius 2 is 2.31 bits per heavy atom. The fourth-order valence-corrected chi connectivity index (χ4v) is 1.72. The molecule has 0 atom stereocenters. The molecule has 2 aromatic rings. The summed E-state index contributed by atoms with van der Waals surface area (Å²) in [5, 5.41) is 4.67. The van der Waals surface area contributed by atoms with Gasteiger partial charge in [-0.3, -0.25) is 4.68 Å². The van der Waals surface area contributed by atoms with Crippen LogP contribution in [0.1, 0.15) is 0 Å². The summed E-state index contributed by atoms with van der Waals surface area (Å²) >= 11 is 5.91. The zero-order valence-electron chi connectivity index (χ0n) is 8.51. The second kappa shape index (κ2) is 4.31. The predicted octanol–water partition coefficient (Wildman–Crippen LogP) is 2.71. The van der Waals surface area contributed by atoms with Gasteiger partial charge in [0.05, 0.1) is 11.9 Å². The number of hydrogen-bond donors (Lipinski definition) is 0. The van der Waals surface area contributed by atoms with Gasteiger partial charge in [0, 0.05) is 17.6 Å². The van der Waals surface area contributed by atoms with Crippen LogP contribution in [0.5, 0.6) is 0 Å². The monoisotopic (exact) mass is 233 g/mol. The molecular formula is C11H8ClN3O. The van der Waals surface area contributed by atoms with Crippen LogP contribution in [0.25, 0.3) is 11.3 Å². The van der Waals surface area contributed by atoms with Crippen molar-refractivity contribution in [2.24, 2.45) is 12.0 Å². The first-order valence-electron chi connectivity index (χ1n) is 4.58. The van der Waals surface area contributed by atoms with E-state index in [0.29, 0.717) is 10.7 Å². The number of rotatable bonds is 2. The van der Waals surface area contributed by atoms with Crippen LogP contribution in [0.15, 0.2) is 35.5 Å². The van der Waals surface area contributed by atoms with E-state index in [9.17, 15) is 4.79 Å². The van der Waals surface area contributed by atoms with E-state index in [1.54, 1.807) is 23.9 Å². The number of aryl methyl sites for hydroxylation is 1. The van der Waals surface area contributed by atoms with Gasteiger partial charge in [-0.1, -0.05) is 23.7 Å². The maximum Gasteiger partial charge on any atom is 0.240 e. The lowest BCUT2D eigenvalue weighted by Gasteiger charge is -2.03. The van der Waals surface area contributed by atoms with Crippen molar-refractivity contribution in [1.29, 1.82) is 0 Å². The number of isocyanates is 1. The summed E-state index contributed by atoms with van der Waals surface area (Å²) in [7, 11) is 1.78. The zero-order valence-corrected chi connectivity index (χ0v) is 9.27. The van der Waals surface area contributed by atoms with Gasteiger partial charge < -0.3 is 0 Å². The molecule has 16 heavy (non-hydrogen) atoms. The molecule has 0 saturated heterocycles. The molecular weight excluding hydrogens is 226 g/mol. The van der Waals surface area contributed by atoms with E-state index in [4.69, 9.17) is 11.6 Å². The van der Waals surface area contributed by atoms with Gasteiger partial charge in [-0.2, -0.15) is 10.1 Å². The molecule has 0 aliphatic heterocycles. The van der Waals surface area contributed by atoms with Gasteiger partial charge in [-0.05, 0) is 12.1 Å². The van der Waals surface area contributed by atoms with Crippen LogP contribution in [-0.2, 0) is 11.8 Å². The van der Waals surface area contributed by atoms with Crippen molar-refractivity contribution in [1.82, 2.24) is 9.78 Å². The summed E-state index contributed by atoms with van der Waals surface area (Å²) in [5.41, 5.74) is 2.09. The Bertz CT molecular complexity index is 570. The van der Waals surface area contributed by atoms with Crippen LogP contribution in [0.3, 0.4) is 0 Å². The third-order valence-electron chi connectivity index (χ3n) is 2.18. The molecule has 0 radical (unpaired) electrons. The van der Waals surface area contributed by atoms with E-state index in [1.807, 2.05) is 12.1 Å². The third kappa shape index (κ3) is 1.89. The first-order valence-corrected chi connectivity index (χ1v) is 4.96. The number of aromatic nitrogens is 2. The highest BCUT2D eigenvalue weighted by Gasteiger charge is 2.10. The van der Waals surface area contributed by atoms with Crippen molar-refractivity contribution in [3.05, 3.63) is 35.5 Å². The van der Waals surface area contributed by atoms with Crippen molar-refractivity contribution >= 4 is 23.4 Å². The average molecular weight is 234 g/mol. The van der Waals surface area contributed by atoms with Crippen molar-refractivity contribution in [3.63, 3.8) is 0 Å². The Hall–Kier alpha value is -1.90. The van der Waals surface area contributed by atoms with Gasteiger partial charge >= 0.3 is 0 Å². The second-order valence-corrected chi connectivity index (χ2v) is 3.65. The minimum atomic E-state index is 0.486. The molecule has 1 aromatic heterocycles. The number of halogens is 1. The summed E-state index contributed by atoms with van der Waals surface area (Å²) in [5.74, 6) is 0. The van der Waals surface area contributed by atoms with E-state index in [2.05, 4.69) is 10.1 Å². The molecule has 1 aromatic carbocycles.